The van der Waals surface area contributed by atoms with Gasteiger partial charge in [0.05, 0.1) is 18.4 Å². The average molecular weight is 402 g/mol. The number of anilines is 1. The highest BCUT2D eigenvalue weighted by molar-refractivity contribution is 7.16. The Balaban J connectivity index is 1.71. The third-order valence-corrected chi connectivity index (χ3v) is 5.26. The molecule has 0 saturated carbocycles. The number of rotatable bonds is 5. The Kier molecular flexibility index (Phi) is 5.41. The van der Waals surface area contributed by atoms with Crippen molar-refractivity contribution in [2.45, 2.75) is 20.8 Å². The highest BCUT2D eigenvalue weighted by Crippen LogP contribution is 2.32. The molecule has 0 unspecified atom stereocenters. The first kappa shape index (κ1) is 19.5. The van der Waals surface area contributed by atoms with Crippen molar-refractivity contribution in [1.29, 1.82) is 0 Å². The summed E-state index contributed by atoms with van der Waals surface area (Å²) in [6, 6.07) is 1.69. The summed E-state index contributed by atoms with van der Waals surface area (Å²) in [7, 11) is 1.27. The Morgan fingerprint density at radius 3 is 2.64 bits per heavy atom. The summed E-state index contributed by atoms with van der Waals surface area (Å²) >= 11 is 1.25. The molecule has 28 heavy (non-hydrogen) atoms. The minimum absolute atomic E-state index is 0.200. The maximum atomic E-state index is 12.4. The van der Waals surface area contributed by atoms with Crippen LogP contribution >= 0.6 is 11.3 Å². The van der Waals surface area contributed by atoms with Gasteiger partial charge in [0, 0.05) is 17.3 Å². The molecule has 0 aliphatic carbocycles. The lowest BCUT2D eigenvalue weighted by Gasteiger charge is -2.07. The number of methoxy groups -OCH3 is 1. The number of carbonyl (C=O) groups is 3. The van der Waals surface area contributed by atoms with E-state index in [1.54, 1.807) is 26.1 Å². The summed E-state index contributed by atoms with van der Waals surface area (Å²) in [6.07, 6.45) is 3.20. The number of ether oxygens (including phenoxy) is 2. The van der Waals surface area contributed by atoms with E-state index in [0.717, 1.165) is 10.4 Å². The van der Waals surface area contributed by atoms with E-state index in [4.69, 9.17) is 9.47 Å². The quantitative estimate of drug-likeness (QED) is 0.652. The van der Waals surface area contributed by atoms with E-state index in [2.05, 4.69) is 15.4 Å². The van der Waals surface area contributed by atoms with Crippen molar-refractivity contribution in [3.05, 3.63) is 45.7 Å². The molecule has 0 saturated heterocycles. The summed E-state index contributed by atoms with van der Waals surface area (Å²) in [5, 5.41) is 7.15. The number of nitrogens with one attached hydrogen (secondary N) is 1. The molecule has 10 heteroatoms. The van der Waals surface area contributed by atoms with Crippen molar-refractivity contribution < 1.29 is 23.9 Å². The molecule has 0 bridgehead atoms. The number of hydrogen-bond acceptors (Lipinski definition) is 8. The molecule has 0 spiro atoms. The van der Waals surface area contributed by atoms with Crippen LogP contribution in [0.5, 0.6) is 0 Å². The molecule has 1 N–H and O–H groups in total. The van der Waals surface area contributed by atoms with Gasteiger partial charge in [0.1, 0.15) is 10.6 Å². The summed E-state index contributed by atoms with van der Waals surface area (Å²) in [5.74, 6) is -1.81. The van der Waals surface area contributed by atoms with E-state index >= 15 is 0 Å². The topological polar surface area (TPSA) is 112 Å². The summed E-state index contributed by atoms with van der Waals surface area (Å²) in [4.78, 5) is 41.6. The molecule has 0 atom stereocenters. The maximum Gasteiger partial charge on any atom is 0.344 e. The van der Waals surface area contributed by atoms with Gasteiger partial charge in [-0.05, 0) is 32.4 Å². The molecule has 146 valence electrons. The zero-order valence-electron chi connectivity index (χ0n) is 15.7. The molecular formula is C18H18N4O5S. The normalized spacial score (nSPS) is 10.7. The maximum absolute atomic E-state index is 12.4. The van der Waals surface area contributed by atoms with Crippen LogP contribution in [0, 0.1) is 20.8 Å². The lowest BCUT2D eigenvalue weighted by Crippen LogP contribution is -2.22. The fourth-order valence-electron chi connectivity index (χ4n) is 2.66. The van der Waals surface area contributed by atoms with Gasteiger partial charge in [0.15, 0.2) is 12.3 Å². The molecule has 3 aromatic rings. The monoisotopic (exact) mass is 402 g/mol. The zero-order chi connectivity index (χ0) is 20.4. The molecule has 3 heterocycles. The summed E-state index contributed by atoms with van der Waals surface area (Å²) in [6.45, 7) is 4.75. The van der Waals surface area contributed by atoms with Gasteiger partial charge in [0.2, 0.25) is 0 Å². The van der Waals surface area contributed by atoms with E-state index in [9.17, 15) is 14.4 Å². The number of fused-ring (bicyclic) bond motifs is 1. The third kappa shape index (κ3) is 3.58. The number of amides is 1. The SMILES string of the molecule is COC(=O)c1c(NC(=O)COC(=O)c2c(C)nn3cccnc23)sc(C)c1C. The largest absolute Gasteiger partial charge is 0.465 e. The first-order chi connectivity index (χ1) is 13.3. The van der Waals surface area contributed by atoms with Crippen LogP contribution in [0.4, 0.5) is 5.00 Å². The minimum Gasteiger partial charge on any atom is -0.465 e. The van der Waals surface area contributed by atoms with E-state index < -0.39 is 24.5 Å². The van der Waals surface area contributed by atoms with Gasteiger partial charge in [-0.2, -0.15) is 5.10 Å². The first-order valence-electron chi connectivity index (χ1n) is 8.28. The van der Waals surface area contributed by atoms with Crippen LogP contribution in [-0.2, 0) is 14.3 Å². The Morgan fingerprint density at radius 1 is 1.18 bits per heavy atom. The predicted octanol–water partition coefficient (Wildman–Crippen LogP) is 2.30. The van der Waals surface area contributed by atoms with Crippen molar-refractivity contribution in [2.24, 2.45) is 0 Å². The van der Waals surface area contributed by atoms with Crippen LogP contribution in [0.25, 0.3) is 5.65 Å². The smallest absolute Gasteiger partial charge is 0.344 e. The zero-order valence-corrected chi connectivity index (χ0v) is 16.5. The Hall–Kier alpha value is -3.27. The number of hydrogen-bond donors (Lipinski definition) is 1. The first-order valence-corrected chi connectivity index (χ1v) is 9.10. The van der Waals surface area contributed by atoms with Crippen molar-refractivity contribution >= 4 is 39.8 Å². The van der Waals surface area contributed by atoms with Gasteiger partial charge in [-0.25, -0.2) is 19.1 Å². The molecular weight excluding hydrogens is 384 g/mol. The molecule has 0 fully saturated rings. The molecule has 0 aliphatic rings. The number of aromatic nitrogens is 3. The average Bonchev–Trinajstić information content (AvgIpc) is 3.14. The molecule has 9 nitrogen and oxygen atoms in total. The van der Waals surface area contributed by atoms with Crippen molar-refractivity contribution in [2.75, 3.05) is 19.0 Å². The highest BCUT2D eigenvalue weighted by Gasteiger charge is 2.23. The second-order valence-electron chi connectivity index (χ2n) is 5.95. The van der Waals surface area contributed by atoms with Crippen LogP contribution in [0.2, 0.25) is 0 Å². The van der Waals surface area contributed by atoms with Gasteiger partial charge in [0.25, 0.3) is 5.91 Å². The molecule has 3 aromatic heterocycles. The minimum atomic E-state index is -0.701. The number of aryl methyl sites for hydroxylation is 2. The highest BCUT2D eigenvalue weighted by atomic mass is 32.1. The fourth-order valence-corrected chi connectivity index (χ4v) is 3.73. The van der Waals surface area contributed by atoms with Crippen LogP contribution < -0.4 is 5.32 Å². The summed E-state index contributed by atoms with van der Waals surface area (Å²) < 4.78 is 11.4. The van der Waals surface area contributed by atoms with Crippen molar-refractivity contribution in [1.82, 2.24) is 14.6 Å². The number of carbonyl (C=O) groups excluding carboxylic acids is 3. The van der Waals surface area contributed by atoms with E-state index in [-0.39, 0.29) is 5.56 Å². The van der Waals surface area contributed by atoms with Crippen molar-refractivity contribution in [3.63, 3.8) is 0 Å². The second kappa shape index (κ2) is 7.77. The lowest BCUT2D eigenvalue weighted by molar-refractivity contribution is -0.119. The second-order valence-corrected chi connectivity index (χ2v) is 7.18. The van der Waals surface area contributed by atoms with Crippen LogP contribution in [0.3, 0.4) is 0 Å². The molecule has 3 rings (SSSR count). The van der Waals surface area contributed by atoms with Gasteiger partial charge in [-0.15, -0.1) is 11.3 Å². The fraction of sp³-hybridized carbons (Fsp3) is 0.278. The molecule has 0 radical (unpaired) electrons. The predicted molar refractivity (Wildman–Crippen MR) is 102 cm³/mol. The van der Waals surface area contributed by atoms with Gasteiger partial charge in [-0.1, -0.05) is 0 Å². The van der Waals surface area contributed by atoms with Gasteiger partial charge in [-0.3, -0.25) is 4.79 Å². The van der Waals surface area contributed by atoms with E-state index in [1.165, 1.54) is 29.2 Å². The van der Waals surface area contributed by atoms with Crippen LogP contribution in [-0.4, -0.2) is 46.2 Å². The number of thiophene rings is 1. The van der Waals surface area contributed by atoms with Crippen LogP contribution in [0.1, 0.15) is 36.9 Å². The summed E-state index contributed by atoms with van der Waals surface area (Å²) in [5.41, 5.74) is 2.03. The van der Waals surface area contributed by atoms with E-state index in [0.29, 0.717) is 21.9 Å². The lowest BCUT2D eigenvalue weighted by atomic mass is 10.1. The van der Waals surface area contributed by atoms with Gasteiger partial charge >= 0.3 is 11.9 Å². The molecule has 0 aromatic carbocycles. The van der Waals surface area contributed by atoms with Crippen molar-refractivity contribution in [3.8, 4) is 0 Å². The van der Waals surface area contributed by atoms with Gasteiger partial charge < -0.3 is 14.8 Å². The standard InChI is InChI=1S/C18H18N4O5S/c1-9-11(3)28-16(13(9)17(24)26-4)20-12(23)8-27-18(25)14-10(2)21-22-7-5-6-19-15(14)22/h5-7H,8H2,1-4H3,(H,20,23). The Labute approximate surface area is 164 Å². The molecule has 0 aliphatic heterocycles. The van der Waals surface area contributed by atoms with E-state index in [1.807, 2.05) is 6.92 Å². The van der Waals surface area contributed by atoms with Crippen LogP contribution in [0.15, 0.2) is 18.5 Å². The number of nitrogens with zero attached hydrogens (tertiary/aromatic N) is 3. The number of esters is 2. The Bertz CT molecular complexity index is 1090. The molecule has 1 amide bonds. The Morgan fingerprint density at radius 2 is 1.93 bits per heavy atom. The third-order valence-electron chi connectivity index (χ3n) is 4.14.